The second-order valence-corrected chi connectivity index (χ2v) is 5.03. The molecule has 1 aromatic rings. The first-order valence-electron chi connectivity index (χ1n) is 6.69. The van der Waals surface area contributed by atoms with Gasteiger partial charge in [-0.05, 0) is 31.6 Å². The van der Waals surface area contributed by atoms with Crippen LogP contribution in [0.3, 0.4) is 0 Å². The molecule has 1 heterocycles. The van der Waals surface area contributed by atoms with E-state index in [-0.39, 0.29) is 17.7 Å². The fraction of sp³-hybridized carbons (Fsp3) is 0.615. The number of H-pyrrole nitrogens is 1. The number of nitrogens with zero attached hydrogens (tertiary/aromatic N) is 1. The summed E-state index contributed by atoms with van der Waals surface area (Å²) in [5.41, 5.74) is 0.555. The molecule has 0 aliphatic heterocycles. The molecule has 0 aromatic carbocycles. The zero-order valence-electron chi connectivity index (χ0n) is 11.1. The number of carbonyl (C=O) groups is 2. The normalized spacial score (nSPS) is 22.8. The number of nitrogens with one attached hydrogen (secondary N) is 3. The molecular weight excluding hydrogens is 244 g/mol. The molecule has 6 heteroatoms. The molecule has 0 saturated heterocycles. The van der Waals surface area contributed by atoms with Crippen molar-refractivity contribution in [2.45, 2.75) is 25.7 Å². The summed E-state index contributed by atoms with van der Waals surface area (Å²) in [5, 5.41) is 12.0. The average molecular weight is 264 g/mol. The lowest BCUT2D eigenvalue weighted by molar-refractivity contribution is -0.125. The molecule has 0 bridgehead atoms. The maximum absolute atomic E-state index is 11.7. The van der Waals surface area contributed by atoms with Crippen LogP contribution in [0.5, 0.6) is 0 Å². The highest BCUT2D eigenvalue weighted by Gasteiger charge is 2.25. The van der Waals surface area contributed by atoms with Gasteiger partial charge in [-0.3, -0.25) is 14.7 Å². The van der Waals surface area contributed by atoms with Gasteiger partial charge in [-0.25, -0.2) is 0 Å². The van der Waals surface area contributed by atoms with E-state index in [1.54, 1.807) is 13.2 Å². The van der Waals surface area contributed by atoms with E-state index in [2.05, 4.69) is 20.8 Å². The largest absolute Gasteiger partial charge is 0.359 e. The lowest BCUT2D eigenvalue weighted by Crippen LogP contribution is -2.34. The van der Waals surface area contributed by atoms with Crippen LogP contribution >= 0.6 is 0 Å². The van der Waals surface area contributed by atoms with Crippen molar-refractivity contribution in [3.8, 4) is 0 Å². The van der Waals surface area contributed by atoms with Crippen LogP contribution in [-0.4, -0.2) is 35.6 Å². The first kappa shape index (κ1) is 13.6. The lowest BCUT2D eigenvalue weighted by Gasteiger charge is -2.27. The van der Waals surface area contributed by atoms with Gasteiger partial charge in [0.05, 0.1) is 11.8 Å². The number of hydrogen-bond acceptors (Lipinski definition) is 3. The Hall–Kier alpha value is -1.85. The van der Waals surface area contributed by atoms with Gasteiger partial charge in [0.1, 0.15) is 0 Å². The zero-order chi connectivity index (χ0) is 13.7. The summed E-state index contributed by atoms with van der Waals surface area (Å²) in [6.45, 7) is 0.671. The second kappa shape index (κ2) is 6.36. The second-order valence-electron chi connectivity index (χ2n) is 5.03. The number of aromatic amines is 1. The number of aromatic nitrogens is 2. The van der Waals surface area contributed by atoms with Crippen molar-refractivity contribution >= 4 is 11.8 Å². The molecular formula is C13H20N4O2. The van der Waals surface area contributed by atoms with Crippen LogP contribution < -0.4 is 10.6 Å². The van der Waals surface area contributed by atoms with E-state index in [1.807, 2.05) is 0 Å². The number of amides is 2. The maximum atomic E-state index is 11.7. The van der Waals surface area contributed by atoms with Gasteiger partial charge >= 0.3 is 0 Å². The SMILES string of the molecule is CNC(=O)C1CCC(CNC(=O)c2cn[nH]c2)CC1. The third-order valence-corrected chi connectivity index (χ3v) is 3.78. The van der Waals surface area contributed by atoms with Gasteiger partial charge in [-0.15, -0.1) is 0 Å². The third-order valence-electron chi connectivity index (χ3n) is 3.78. The van der Waals surface area contributed by atoms with E-state index in [0.29, 0.717) is 18.0 Å². The molecule has 0 atom stereocenters. The molecule has 19 heavy (non-hydrogen) atoms. The van der Waals surface area contributed by atoms with Crippen LogP contribution in [0.4, 0.5) is 0 Å². The molecule has 1 aromatic heterocycles. The lowest BCUT2D eigenvalue weighted by atomic mass is 9.81. The van der Waals surface area contributed by atoms with E-state index in [4.69, 9.17) is 0 Å². The van der Waals surface area contributed by atoms with Crippen molar-refractivity contribution in [2.75, 3.05) is 13.6 Å². The van der Waals surface area contributed by atoms with E-state index in [1.165, 1.54) is 6.20 Å². The van der Waals surface area contributed by atoms with Crippen molar-refractivity contribution in [3.05, 3.63) is 18.0 Å². The Morgan fingerprint density at radius 3 is 2.68 bits per heavy atom. The van der Waals surface area contributed by atoms with Crippen LogP contribution in [0.1, 0.15) is 36.0 Å². The van der Waals surface area contributed by atoms with Gasteiger partial charge in [-0.2, -0.15) is 5.10 Å². The minimum atomic E-state index is -0.0952. The van der Waals surface area contributed by atoms with Gasteiger partial charge in [0.15, 0.2) is 0 Å². The summed E-state index contributed by atoms with van der Waals surface area (Å²) in [6.07, 6.45) is 6.89. The van der Waals surface area contributed by atoms with Crippen LogP contribution in [-0.2, 0) is 4.79 Å². The number of rotatable bonds is 4. The van der Waals surface area contributed by atoms with E-state index in [9.17, 15) is 9.59 Å². The highest BCUT2D eigenvalue weighted by molar-refractivity contribution is 5.93. The van der Waals surface area contributed by atoms with Crippen molar-refractivity contribution in [3.63, 3.8) is 0 Å². The molecule has 1 fully saturated rings. The Kier molecular flexibility index (Phi) is 4.54. The number of carbonyl (C=O) groups excluding carboxylic acids is 2. The van der Waals surface area contributed by atoms with Crippen molar-refractivity contribution in [1.82, 2.24) is 20.8 Å². The van der Waals surface area contributed by atoms with Gasteiger partial charge in [0.2, 0.25) is 5.91 Å². The molecule has 3 N–H and O–H groups in total. The molecule has 1 saturated carbocycles. The molecule has 2 amide bonds. The Labute approximate surface area is 112 Å². The van der Waals surface area contributed by atoms with Gasteiger partial charge < -0.3 is 10.6 Å². The molecule has 104 valence electrons. The van der Waals surface area contributed by atoms with Gasteiger partial charge in [0.25, 0.3) is 5.91 Å². The molecule has 1 aliphatic rings. The monoisotopic (exact) mass is 264 g/mol. The van der Waals surface area contributed by atoms with Gasteiger partial charge in [-0.1, -0.05) is 0 Å². The third kappa shape index (κ3) is 3.56. The van der Waals surface area contributed by atoms with Crippen LogP contribution in [0.15, 0.2) is 12.4 Å². The smallest absolute Gasteiger partial charge is 0.254 e. The highest BCUT2D eigenvalue weighted by atomic mass is 16.2. The molecule has 2 rings (SSSR count). The standard InChI is InChI=1S/C13H20N4O2/c1-14-12(18)10-4-2-9(3-5-10)6-15-13(19)11-7-16-17-8-11/h7-10H,2-6H2,1H3,(H,14,18)(H,15,19)(H,16,17). The topological polar surface area (TPSA) is 86.9 Å². The van der Waals surface area contributed by atoms with Crippen molar-refractivity contribution in [2.24, 2.45) is 11.8 Å². The van der Waals surface area contributed by atoms with Crippen LogP contribution in [0.2, 0.25) is 0 Å². The fourth-order valence-corrected chi connectivity index (χ4v) is 2.55. The molecule has 0 unspecified atom stereocenters. The Balaban J connectivity index is 1.71. The molecule has 0 spiro atoms. The summed E-state index contributed by atoms with van der Waals surface area (Å²) in [7, 11) is 1.68. The quantitative estimate of drug-likeness (QED) is 0.748. The van der Waals surface area contributed by atoms with Crippen molar-refractivity contribution in [1.29, 1.82) is 0 Å². The number of hydrogen-bond donors (Lipinski definition) is 3. The van der Waals surface area contributed by atoms with E-state index in [0.717, 1.165) is 25.7 Å². The Bertz CT molecular complexity index is 422. The summed E-state index contributed by atoms with van der Waals surface area (Å²) in [4.78, 5) is 23.2. The minimum Gasteiger partial charge on any atom is -0.359 e. The summed E-state index contributed by atoms with van der Waals surface area (Å²) < 4.78 is 0. The maximum Gasteiger partial charge on any atom is 0.254 e. The average Bonchev–Trinajstić information content (AvgIpc) is 2.98. The van der Waals surface area contributed by atoms with E-state index < -0.39 is 0 Å². The Morgan fingerprint density at radius 1 is 1.37 bits per heavy atom. The van der Waals surface area contributed by atoms with Crippen LogP contribution in [0, 0.1) is 11.8 Å². The van der Waals surface area contributed by atoms with E-state index >= 15 is 0 Å². The predicted molar refractivity (Wildman–Crippen MR) is 70.4 cm³/mol. The molecule has 0 radical (unpaired) electrons. The predicted octanol–water partition coefficient (Wildman–Crippen LogP) is 0.692. The van der Waals surface area contributed by atoms with Crippen molar-refractivity contribution < 1.29 is 9.59 Å². The summed E-state index contributed by atoms with van der Waals surface area (Å²) in [6, 6.07) is 0. The first-order chi connectivity index (χ1) is 9.20. The fourth-order valence-electron chi connectivity index (χ4n) is 2.55. The molecule has 6 nitrogen and oxygen atoms in total. The summed E-state index contributed by atoms with van der Waals surface area (Å²) >= 11 is 0. The Morgan fingerprint density at radius 2 is 2.11 bits per heavy atom. The highest BCUT2D eigenvalue weighted by Crippen LogP contribution is 2.28. The van der Waals surface area contributed by atoms with Crippen LogP contribution in [0.25, 0.3) is 0 Å². The first-order valence-corrected chi connectivity index (χ1v) is 6.69. The minimum absolute atomic E-state index is 0.0952. The van der Waals surface area contributed by atoms with Gasteiger partial charge in [0, 0.05) is 25.7 Å². The summed E-state index contributed by atoms with van der Waals surface area (Å²) in [5.74, 6) is 0.658. The zero-order valence-corrected chi connectivity index (χ0v) is 11.1. The molecule has 1 aliphatic carbocycles.